The fourth-order valence-electron chi connectivity index (χ4n) is 2.77. The van der Waals surface area contributed by atoms with Gasteiger partial charge in [0.15, 0.2) is 0 Å². The highest BCUT2D eigenvalue weighted by molar-refractivity contribution is 7.92. The number of phenolic OH excluding ortho intramolecular Hbond substituents is 1. The molecule has 3 aromatic carbocycles. The van der Waals surface area contributed by atoms with Gasteiger partial charge in [-0.05, 0) is 55.5 Å². The van der Waals surface area contributed by atoms with Gasteiger partial charge >= 0.3 is 0 Å². The van der Waals surface area contributed by atoms with Crippen LogP contribution >= 0.6 is 11.6 Å². The molecule has 0 radical (unpaired) electrons. The summed E-state index contributed by atoms with van der Waals surface area (Å²) in [5, 5.41) is 14.5. The van der Waals surface area contributed by atoms with Crippen LogP contribution in [0.2, 0.25) is 5.02 Å². The highest BCUT2D eigenvalue weighted by atomic mass is 35.5. The number of sulfonamides is 1. The van der Waals surface area contributed by atoms with Crippen LogP contribution in [0, 0.1) is 0 Å². The third-order valence-corrected chi connectivity index (χ3v) is 6.02. The predicted octanol–water partition coefficient (Wildman–Crippen LogP) is 4.01. The fourth-order valence-corrected chi connectivity index (χ4v) is 4.06. The molecule has 0 heterocycles. The number of benzene rings is 3. The lowest BCUT2D eigenvalue weighted by molar-refractivity contribution is 0.0954. The second-order valence-electron chi connectivity index (χ2n) is 6.66. The molecule has 0 aromatic heterocycles. The van der Waals surface area contributed by atoms with Crippen LogP contribution < -0.4 is 14.9 Å². The van der Waals surface area contributed by atoms with E-state index in [0.717, 1.165) is 0 Å². The molecule has 0 unspecified atom stereocenters. The van der Waals surface area contributed by atoms with E-state index in [1.54, 1.807) is 37.3 Å². The molecule has 0 atom stereocenters. The summed E-state index contributed by atoms with van der Waals surface area (Å²) in [6.07, 6.45) is 0. The third kappa shape index (κ3) is 5.57. The largest absolute Gasteiger partial charge is 0.507 e. The quantitative estimate of drug-likeness (QED) is 0.354. The number of methoxy groups -OCH3 is 1. The van der Waals surface area contributed by atoms with Crippen molar-refractivity contribution in [3.8, 4) is 11.5 Å². The summed E-state index contributed by atoms with van der Waals surface area (Å²) < 4.78 is 32.8. The Morgan fingerprint density at radius 1 is 1.06 bits per heavy atom. The number of halogens is 1. The predicted molar refractivity (Wildman–Crippen MR) is 123 cm³/mol. The Bertz CT molecular complexity index is 1290. The number of anilines is 1. The molecule has 32 heavy (non-hydrogen) atoms. The summed E-state index contributed by atoms with van der Waals surface area (Å²) in [5.74, 6) is -0.190. The molecule has 0 saturated heterocycles. The van der Waals surface area contributed by atoms with Gasteiger partial charge in [-0.2, -0.15) is 5.10 Å². The smallest absolute Gasteiger partial charge is 0.271 e. The summed E-state index contributed by atoms with van der Waals surface area (Å²) >= 11 is 5.89. The maximum Gasteiger partial charge on any atom is 0.271 e. The second kappa shape index (κ2) is 9.71. The second-order valence-corrected chi connectivity index (χ2v) is 8.78. The van der Waals surface area contributed by atoms with E-state index in [9.17, 15) is 18.3 Å². The molecule has 0 aliphatic carbocycles. The first-order valence-electron chi connectivity index (χ1n) is 9.30. The van der Waals surface area contributed by atoms with Gasteiger partial charge in [-0.25, -0.2) is 13.8 Å². The Labute approximate surface area is 190 Å². The van der Waals surface area contributed by atoms with Gasteiger partial charge in [0.25, 0.3) is 15.9 Å². The lowest BCUT2D eigenvalue weighted by Gasteiger charge is -2.10. The van der Waals surface area contributed by atoms with Crippen LogP contribution in [0.3, 0.4) is 0 Å². The minimum atomic E-state index is -3.94. The van der Waals surface area contributed by atoms with Crippen molar-refractivity contribution < 1.29 is 23.1 Å². The molecule has 0 saturated carbocycles. The number of ether oxygens (including phenoxy) is 1. The average molecular weight is 474 g/mol. The number of rotatable bonds is 7. The van der Waals surface area contributed by atoms with Crippen molar-refractivity contribution in [2.75, 3.05) is 11.8 Å². The molecular formula is C22H20ClN3O5S. The van der Waals surface area contributed by atoms with Gasteiger partial charge in [0.05, 0.1) is 23.4 Å². The van der Waals surface area contributed by atoms with Crippen LogP contribution in [-0.2, 0) is 10.0 Å². The number of phenols is 1. The normalized spacial score (nSPS) is 11.7. The van der Waals surface area contributed by atoms with Crippen LogP contribution in [-0.4, -0.2) is 32.3 Å². The van der Waals surface area contributed by atoms with Gasteiger partial charge in [0.2, 0.25) is 0 Å². The maximum absolute atomic E-state index is 12.7. The molecule has 0 aliphatic rings. The number of amides is 1. The molecule has 0 aliphatic heterocycles. The van der Waals surface area contributed by atoms with E-state index in [4.69, 9.17) is 16.3 Å². The van der Waals surface area contributed by atoms with Gasteiger partial charge in [-0.3, -0.25) is 9.52 Å². The first kappa shape index (κ1) is 23.1. The number of hydrogen-bond acceptors (Lipinski definition) is 6. The van der Waals surface area contributed by atoms with Crippen molar-refractivity contribution in [1.29, 1.82) is 0 Å². The number of nitrogens with one attached hydrogen (secondary N) is 2. The molecule has 10 heteroatoms. The summed E-state index contributed by atoms with van der Waals surface area (Å²) in [6.45, 7) is 1.61. The molecule has 3 N–H and O–H groups in total. The molecular weight excluding hydrogens is 454 g/mol. The van der Waals surface area contributed by atoms with E-state index in [0.29, 0.717) is 27.7 Å². The van der Waals surface area contributed by atoms with Gasteiger partial charge < -0.3 is 9.84 Å². The van der Waals surface area contributed by atoms with E-state index in [2.05, 4.69) is 15.2 Å². The van der Waals surface area contributed by atoms with Crippen molar-refractivity contribution in [1.82, 2.24) is 5.43 Å². The van der Waals surface area contributed by atoms with Crippen LogP contribution in [0.25, 0.3) is 0 Å². The lowest BCUT2D eigenvalue weighted by atomic mass is 10.1. The van der Waals surface area contributed by atoms with Gasteiger partial charge in [-0.1, -0.05) is 23.7 Å². The Morgan fingerprint density at radius 2 is 1.81 bits per heavy atom. The van der Waals surface area contributed by atoms with E-state index in [1.807, 2.05) is 0 Å². The summed E-state index contributed by atoms with van der Waals surface area (Å²) in [5.41, 5.74) is 3.52. The Hall–Kier alpha value is -3.56. The molecule has 1 amide bonds. The summed E-state index contributed by atoms with van der Waals surface area (Å²) in [7, 11) is -2.46. The Kier molecular flexibility index (Phi) is 7.01. The first-order chi connectivity index (χ1) is 15.2. The van der Waals surface area contributed by atoms with Gasteiger partial charge in [0.1, 0.15) is 11.5 Å². The minimum absolute atomic E-state index is 0.0555. The molecule has 3 rings (SSSR count). The van der Waals surface area contributed by atoms with Crippen molar-refractivity contribution >= 4 is 38.9 Å². The molecule has 0 fully saturated rings. The number of carbonyl (C=O) groups is 1. The SMILES string of the molecule is COc1ccc(C(C)=NNC(=O)c2cccc(S(=O)(=O)Nc3cccc(Cl)c3)c2)c(O)c1. The standard InChI is InChI=1S/C22H20ClN3O5S/c1-14(20-10-9-18(31-2)13-21(20)27)24-25-22(28)15-5-3-8-19(11-15)32(29,30)26-17-7-4-6-16(23)12-17/h3-13,26-27H,1-2H3,(H,25,28). The van der Waals surface area contributed by atoms with Crippen LogP contribution in [0.15, 0.2) is 76.7 Å². The fraction of sp³-hybridized carbons (Fsp3) is 0.0909. The molecule has 166 valence electrons. The number of aromatic hydroxyl groups is 1. The number of nitrogens with zero attached hydrogens (tertiary/aromatic N) is 1. The van der Waals surface area contributed by atoms with Crippen LogP contribution in [0.4, 0.5) is 5.69 Å². The maximum atomic E-state index is 12.7. The highest BCUT2D eigenvalue weighted by Gasteiger charge is 2.17. The molecule has 0 bridgehead atoms. The summed E-state index contributed by atoms with van der Waals surface area (Å²) in [4.78, 5) is 12.4. The first-order valence-corrected chi connectivity index (χ1v) is 11.2. The zero-order valence-corrected chi connectivity index (χ0v) is 18.7. The van der Waals surface area contributed by atoms with Crippen LogP contribution in [0.5, 0.6) is 11.5 Å². The van der Waals surface area contributed by atoms with E-state index in [-0.39, 0.29) is 16.2 Å². The van der Waals surface area contributed by atoms with Gasteiger partial charge in [-0.15, -0.1) is 0 Å². The lowest BCUT2D eigenvalue weighted by Crippen LogP contribution is -2.20. The van der Waals surface area contributed by atoms with E-state index >= 15 is 0 Å². The molecule has 8 nitrogen and oxygen atoms in total. The Morgan fingerprint density at radius 3 is 2.50 bits per heavy atom. The topological polar surface area (TPSA) is 117 Å². The number of hydrazone groups is 1. The van der Waals surface area contributed by atoms with Gasteiger partial charge in [0, 0.05) is 22.2 Å². The monoisotopic (exact) mass is 473 g/mol. The molecule has 0 spiro atoms. The van der Waals surface area contributed by atoms with E-state index < -0.39 is 15.9 Å². The van der Waals surface area contributed by atoms with Crippen molar-refractivity contribution in [2.24, 2.45) is 5.10 Å². The van der Waals surface area contributed by atoms with Crippen molar-refractivity contribution in [2.45, 2.75) is 11.8 Å². The number of hydrogen-bond donors (Lipinski definition) is 3. The Balaban J connectivity index is 1.77. The zero-order valence-electron chi connectivity index (χ0n) is 17.2. The summed E-state index contributed by atoms with van der Waals surface area (Å²) in [6, 6.07) is 16.5. The molecule has 3 aromatic rings. The third-order valence-electron chi connectivity index (χ3n) is 4.40. The van der Waals surface area contributed by atoms with E-state index in [1.165, 1.54) is 43.5 Å². The van der Waals surface area contributed by atoms with Crippen molar-refractivity contribution in [3.05, 3.63) is 82.9 Å². The zero-order chi connectivity index (χ0) is 23.3. The highest BCUT2D eigenvalue weighted by Crippen LogP contribution is 2.24. The number of carbonyl (C=O) groups excluding carboxylic acids is 1. The van der Waals surface area contributed by atoms with Crippen molar-refractivity contribution in [3.63, 3.8) is 0 Å². The van der Waals surface area contributed by atoms with Crippen LogP contribution in [0.1, 0.15) is 22.8 Å². The average Bonchev–Trinajstić information content (AvgIpc) is 2.77. The minimum Gasteiger partial charge on any atom is -0.507 e.